The average Bonchev–Trinajstić information content (AvgIpc) is 3.08. The van der Waals surface area contributed by atoms with Gasteiger partial charge >= 0.3 is 12.1 Å². The Hall–Kier alpha value is -2.80. The second-order valence-corrected chi connectivity index (χ2v) is 13.0. The minimum Gasteiger partial charge on any atom is -0.504 e. The number of anilines is 2. The summed E-state index contributed by atoms with van der Waals surface area (Å²) in [7, 11) is -4.35. The lowest BCUT2D eigenvalue weighted by Gasteiger charge is -2.39. The Balaban J connectivity index is 1.48. The number of carbonyl (C=O) groups excluding carboxylic acids is 2. The summed E-state index contributed by atoms with van der Waals surface area (Å²) in [5, 5.41) is 14.9. The maximum Gasteiger partial charge on any atom is 0.410 e. The van der Waals surface area contributed by atoms with Crippen LogP contribution in [0.15, 0.2) is 35.2 Å². The lowest BCUT2D eigenvalue weighted by Crippen LogP contribution is -2.53. The van der Waals surface area contributed by atoms with Gasteiger partial charge in [-0.05, 0) is 70.7 Å². The van der Waals surface area contributed by atoms with E-state index in [1.807, 2.05) is 0 Å². The van der Waals surface area contributed by atoms with Crippen molar-refractivity contribution in [3.63, 3.8) is 0 Å². The molecular formula is C25H29Cl2FN4O6S. The first-order chi connectivity index (χ1) is 18.2. The summed E-state index contributed by atoms with van der Waals surface area (Å²) >= 11 is 12.0. The molecule has 10 nitrogen and oxygen atoms in total. The minimum atomic E-state index is -4.35. The Bertz CT molecular complexity index is 1390. The van der Waals surface area contributed by atoms with Crippen molar-refractivity contribution < 1.29 is 32.2 Å². The number of nitrogens with one attached hydrogen (secondary N) is 3. The molecule has 3 amide bonds. The zero-order valence-electron chi connectivity index (χ0n) is 21.4. The number of carbonyl (C=O) groups is 2. The number of benzene rings is 2. The van der Waals surface area contributed by atoms with Crippen LogP contribution in [-0.4, -0.2) is 54.3 Å². The Labute approximate surface area is 235 Å². The van der Waals surface area contributed by atoms with Crippen molar-refractivity contribution in [3.05, 3.63) is 46.2 Å². The molecule has 2 saturated heterocycles. The molecule has 1 unspecified atom stereocenters. The van der Waals surface area contributed by atoms with Crippen molar-refractivity contribution in [2.24, 2.45) is 0 Å². The summed E-state index contributed by atoms with van der Waals surface area (Å²) in [6.07, 6.45) is 1.74. The van der Waals surface area contributed by atoms with Gasteiger partial charge in [-0.3, -0.25) is 0 Å². The standard InChI is InChI=1S/C25H29Cl2FN4O6S/c1-25(2,3)38-24(35)32-14-7-8-15(32)12-13(11-14)31-39(36,37)22-16(26)9-10-19(21(22)33)30-23(34)29-18-6-4-5-17(28)20(18)27/h4-6,9-10,13-15,31,33H,7-8,11-12H2,1-3H3,(H2,29,30,34)/t13?,14-,15+. The maximum atomic E-state index is 13.7. The molecule has 2 aliphatic heterocycles. The number of piperidine rings is 1. The molecule has 0 saturated carbocycles. The van der Waals surface area contributed by atoms with Crippen LogP contribution < -0.4 is 15.4 Å². The fourth-order valence-electron chi connectivity index (χ4n) is 4.94. The molecular weight excluding hydrogens is 574 g/mol. The second-order valence-electron chi connectivity index (χ2n) is 10.5. The minimum absolute atomic E-state index is 0.0236. The molecule has 212 valence electrons. The lowest BCUT2D eigenvalue weighted by molar-refractivity contribution is 0.00564. The quantitative estimate of drug-likeness (QED) is 0.324. The number of hydrogen-bond donors (Lipinski definition) is 4. The highest BCUT2D eigenvalue weighted by Crippen LogP contribution is 2.40. The van der Waals surface area contributed by atoms with E-state index in [1.165, 1.54) is 24.3 Å². The zero-order chi connectivity index (χ0) is 28.7. The molecule has 2 heterocycles. The van der Waals surface area contributed by atoms with Crippen LogP contribution in [-0.2, 0) is 14.8 Å². The molecule has 2 aliphatic rings. The number of rotatable bonds is 5. The number of fused-ring (bicyclic) bond motifs is 2. The van der Waals surface area contributed by atoms with Crippen molar-refractivity contribution in [2.75, 3.05) is 10.6 Å². The van der Waals surface area contributed by atoms with E-state index in [2.05, 4.69) is 15.4 Å². The van der Waals surface area contributed by atoms with Gasteiger partial charge in [-0.25, -0.2) is 27.1 Å². The molecule has 4 N–H and O–H groups in total. The third-order valence-electron chi connectivity index (χ3n) is 6.46. The third-order valence-corrected chi connectivity index (χ3v) is 8.86. The molecule has 4 rings (SSSR count). The number of nitrogens with zero attached hydrogens (tertiary/aromatic N) is 1. The van der Waals surface area contributed by atoms with Gasteiger partial charge in [-0.1, -0.05) is 29.3 Å². The number of amides is 3. The molecule has 3 atom stereocenters. The van der Waals surface area contributed by atoms with Gasteiger partial charge in [0.2, 0.25) is 10.0 Å². The van der Waals surface area contributed by atoms with Crippen LogP contribution in [0.4, 0.5) is 25.4 Å². The molecule has 39 heavy (non-hydrogen) atoms. The van der Waals surface area contributed by atoms with Crippen LogP contribution in [0.3, 0.4) is 0 Å². The average molecular weight is 604 g/mol. The summed E-state index contributed by atoms with van der Waals surface area (Å²) in [6.45, 7) is 5.35. The zero-order valence-corrected chi connectivity index (χ0v) is 23.8. The number of hydrogen-bond acceptors (Lipinski definition) is 6. The SMILES string of the molecule is CC(C)(C)OC(=O)N1[C@@H]2CC[C@H]1CC(NS(=O)(=O)c1c(Cl)ccc(NC(=O)Nc3cccc(F)c3Cl)c1O)C2. The van der Waals surface area contributed by atoms with E-state index in [0.717, 1.165) is 18.9 Å². The van der Waals surface area contributed by atoms with Gasteiger partial charge in [-0.2, -0.15) is 0 Å². The Morgan fingerprint density at radius 1 is 1.05 bits per heavy atom. The van der Waals surface area contributed by atoms with Gasteiger partial charge in [-0.15, -0.1) is 0 Å². The van der Waals surface area contributed by atoms with Crippen LogP contribution in [0.1, 0.15) is 46.5 Å². The van der Waals surface area contributed by atoms with E-state index in [4.69, 9.17) is 27.9 Å². The summed E-state index contributed by atoms with van der Waals surface area (Å²) < 4.78 is 48.5. The first-order valence-corrected chi connectivity index (χ1v) is 14.5. The van der Waals surface area contributed by atoms with Crippen molar-refractivity contribution in [2.45, 2.75) is 75.1 Å². The molecule has 2 bridgehead atoms. The summed E-state index contributed by atoms with van der Waals surface area (Å²) in [5.41, 5.74) is -0.919. The van der Waals surface area contributed by atoms with Crippen molar-refractivity contribution >= 4 is 56.7 Å². The first kappa shape index (κ1) is 29.2. The van der Waals surface area contributed by atoms with E-state index >= 15 is 0 Å². The number of halogens is 3. The number of phenols is 1. The van der Waals surface area contributed by atoms with Crippen LogP contribution in [0.25, 0.3) is 0 Å². The van der Waals surface area contributed by atoms with Crippen molar-refractivity contribution in [1.29, 1.82) is 0 Å². The topological polar surface area (TPSA) is 137 Å². The highest BCUT2D eigenvalue weighted by molar-refractivity contribution is 7.89. The Morgan fingerprint density at radius 3 is 2.28 bits per heavy atom. The van der Waals surface area contributed by atoms with Crippen molar-refractivity contribution in [1.82, 2.24) is 9.62 Å². The summed E-state index contributed by atoms with van der Waals surface area (Å²) in [6, 6.07) is 4.47. The highest BCUT2D eigenvalue weighted by atomic mass is 35.5. The van der Waals surface area contributed by atoms with E-state index in [9.17, 15) is 27.5 Å². The van der Waals surface area contributed by atoms with Gasteiger partial charge < -0.3 is 25.4 Å². The monoisotopic (exact) mass is 602 g/mol. The lowest BCUT2D eigenvalue weighted by atomic mass is 9.99. The Kier molecular flexibility index (Phi) is 8.23. The van der Waals surface area contributed by atoms with Crippen molar-refractivity contribution in [3.8, 4) is 5.75 Å². The fourth-order valence-corrected chi connectivity index (χ4v) is 7.01. The van der Waals surface area contributed by atoms with E-state index in [0.29, 0.717) is 12.8 Å². The van der Waals surface area contributed by atoms with Crippen LogP contribution >= 0.6 is 23.2 Å². The van der Waals surface area contributed by atoms with Crippen LogP contribution in [0, 0.1) is 5.82 Å². The number of ether oxygens (including phenoxy) is 1. The molecule has 0 spiro atoms. The predicted octanol–water partition coefficient (Wildman–Crippen LogP) is 5.69. The van der Waals surface area contributed by atoms with Gasteiger partial charge in [0, 0.05) is 18.1 Å². The molecule has 0 aliphatic carbocycles. The van der Waals surface area contributed by atoms with E-state index < -0.39 is 50.3 Å². The fraction of sp³-hybridized carbons (Fsp3) is 0.440. The summed E-state index contributed by atoms with van der Waals surface area (Å²) in [4.78, 5) is 26.2. The van der Waals surface area contributed by atoms with Crippen LogP contribution in [0.5, 0.6) is 5.75 Å². The number of sulfonamides is 1. The van der Waals surface area contributed by atoms with Gasteiger partial charge in [0.25, 0.3) is 0 Å². The molecule has 0 aromatic heterocycles. The molecule has 2 aromatic rings. The highest BCUT2D eigenvalue weighted by Gasteiger charge is 2.46. The van der Waals surface area contributed by atoms with Gasteiger partial charge in [0.1, 0.15) is 16.3 Å². The van der Waals surface area contributed by atoms with E-state index in [1.54, 1.807) is 25.7 Å². The molecule has 14 heteroatoms. The molecule has 2 fully saturated rings. The number of phenolic OH excluding ortho intramolecular Hbond substituents is 1. The first-order valence-electron chi connectivity index (χ1n) is 12.2. The van der Waals surface area contributed by atoms with Gasteiger partial charge in [0.05, 0.1) is 21.4 Å². The normalized spacial score (nSPS) is 21.0. The third kappa shape index (κ3) is 6.51. The smallest absolute Gasteiger partial charge is 0.410 e. The molecule has 2 aromatic carbocycles. The molecule has 0 radical (unpaired) electrons. The second kappa shape index (κ2) is 11.0. The number of urea groups is 1. The largest absolute Gasteiger partial charge is 0.504 e. The predicted molar refractivity (Wildman–Crippen MR) is 145 cm³/mol. The summed E-state index contributed by atoms with van der Waals surface area (Å²) in [5.74, 6) is -1.52. The Morgan fingerprint density at radius 2 is 1.67 bits per heavy atom. The van der Waals surface area contributed by atoms with Crippen LogP contribution in [0.2, 0.25) is 10.0 Å². The maximum absolute atomic E-state index is 13.7. The number of aromatic hydroxyl groups is 1. The van der Waals surface area contributed by atoms with Gasteiger partial charge in [0.15, 0.2) is 5.75 Å². The van der Waals surface area contributed by atoms with E-state index in [-0.39, 0.29) is 33.5 Å².